The van der Waals surface area contributed by atoms with Gasteiger partial charge in [0.2, 0.25) is 0 Å². The Morgan fingerprint density at radius 1 is 1.09 bits per heavy atom. The zero-order valence-electron chi connectivity index (χ0n) is 19.0. The standard InChI is InChI=1S/C25H30N6O2/c1-29-17-20(16-27-29)24(32)26-15-18-8-12-31(13-9-18)25(33)21-14-19-6-2-3-7-22(19)28-23(21)30-10-4-5-11-30/h2-3,6-7,14,16-18H,4-5,8-13,15H2,1H3,(H,26,32). The Balaban J connectivity index is 1.25. The Morgan fingerprint density at radius 2 is 1.85 bits per heavy atom. The molecule has 0 atom stereocenters. The van der Waals surface area contributed by atoms with E-state index in [4.69, 9.17) is 4.98 Å². The highest BCUT2D eigenvalue weighted by atomic mass is 16.2. The molecule has 8 heteroatoms. The maximum Gasteiger partial charge on any atom is 0.257 e. The number of anilines is 1. The van der Waals surface area contributed by atoms with Crippen LogP contribution in [0, 0.1) is 5.92 Å². The van der Waals surface area contributed by atoms with Crippen LogP contribution in [0.5, 0.6) is 0 Å². The molecule has 0 unspecified atom stereocenters. The second-order valence-corrected chi connectivity index (χ2v) is 9.09. The first kappa shape index (κ1) is 21.4. The van der Waals surface area contributed by atoms with Crippen molar-refractivity contribution in [3.05, 3.63) is 53.9 Å². The lowest BCUT2D eigenvalue weighted by Crippen LogP contribution is -2.42. The molecule has 2 fully saturated rings. The first-order valence-electron chi connectivity index (χ1n) is 11.8. The summed E-state index contributed by atoms with van der Waals surface area (Å²) in [5, 5.41) is 8.06. The van der Waals surface area contributed by atoms with Crippen molar-refractivity contribution in [3.8, 4) is 0 Å². The van der Waals surface area contributed by atoms with E-state index in [1.807, 2.05) is 35.2 Å². The average molecular weight is 447 g/mol. The fourth-order valence-corrected chi connectivity index (χ4v) is 4.82. The lowest BCUT2D eigenvalue weighted by atomic mass is 9.96. The van der Waals surface area contributed by atoms with Crippen molar-refractivity contribution in [2.24, 2.45) is 13.0 Å². The molecule has 2 amide bonds. The summed E-state index contributed by atoms with van der Waals surface area (Å²) in [6.45, 7) is 3.90. The number of rotatable bonds is 5. The molecular weight excluding hydrogens is 416 g/mol. The van der Waals surface area contributed by atoms with Gasteiger partial charge in [-0.1, -0.05) is 18.2 Å². The van der Waals surface area contributed by atoms with Crippen molar-refractivity contribution in [1.29, 1.82) is 0 Å². The maximum atomic E-state index is 13.6. The van der Waals surface area contributed by atoms with Crippen molar-refractivity contribution >= 4 is 28.5 Å². The van der Waals surface area contributed by atoms with E-state index in [1.54, 1.807) is 24.1 Å². The monoisotopic (exact) mass is 446 g/mol. The number of nitrogens with one attached hydrogen (secondary N) is 1. The van der Waals surface area contributed by atoms with E-state index in [-0.39, 0.29) is 11.8 Å². The predicted octanol–water partition coefficient (Wildman–Crippen LogP) is 2.85. The van der Waals surface area contributed by atoms with Crippen LogP contribution in [0.1, 0.15) is 46.4 Å². The summed E-state index contributed by atoms with van der Waals surface area (Å²) in [6.07, 6.45) is 7.31. The summed E-state index contributed by atoms with van der Waals surface area (Å²) in [5.41, 5.74) is 2.21. The quantitative estimate of drug-likeness (QED) is 0.652. The van der Waals surface area contributed by atoms with Crippen molar-refractivity contribution in [2.45, 2.75) is 25.7 Å². The topological polar surface area (TPSA) is 83.4 Å². The van der Waals surface area contributed by atoms with Crippen LogP contribution in [-0.2, 0) is 7.05 Å². The van der Waals surface area contributed by atoms with E-state index in [9.17, 15) is 9.59 Å². The highest BCUT2D eigenvalue weighted by Gasteiger charge is 2.28. The molecule has 172 valence electrons. The molecule has 4 heterocycles. The number of pyridine rings is 1. The molecule has 2 saturated heterocycles. The predicted molar refractivity (Wildman–Crippen MR) is 127 cm³/mol. The number of aromatic nitrogens is 3. The van der Waals surface area contributed by atoms with Gasteiger partial charge in [-0.05, 0) is 43.7 Å². The SMILES string of the molecule is Cn1cc(C(=O)NCC2CCN(C(=O)c3cc4ccccc4nc3N3CCCC3)CC2)cn1. The number of fused-ring (bicyclic) bond motifs is 1. The van der Waals surface area contributed by atoms with Crippen molar-refractivity contribution in [3.63, 3.8) is 0 Å². The van der Waals surface area contributed by atoms with E-state index in [1.165, 1.54) is 0 Å². The molecule has 2 aliphatic rings. The van der Waals surface area contributed by atoms with Crippen molar-refractivity contribution in [2.75, 3.05) is 37.6 Å². The van der Waals surface area contributed by atoms with Crippen molar-refractivity contribution < 1.29 is 9.59 Å². The van der Waals surface area contributed by atoms with Gasteiger partial charge in [0.15, 0.2) is 0 Å². The van der Waals surface area contributed by atoms with Gasteiger partial charge in [0.1, 0.15) is 5.82 Å². The Labute approximate surface area is 193 Å². The van der Waals surface area contributed by atoms with Gasteiger partial charge in [-0.3, -0.25) is 14.3 Å². The minimum atomic E-state index is -0.0981. The number of piperidine rings is 1. The number of hydrogen-bond acceptors (Lipinski definition) is 5. The molecule has 0 bridgehead atoms. The summed E-state index contributed by atoms with van der Waals surface area (Å²) in [5.74, 6) is 1.15. The molecule has 5 rings (SSSR count). The Kier molecular flexibility index (Phi) is 5.98. The zero-order chi connectivity index (χ0) is 22.8. The van der Waals surface area contributed by atoms with E-state index >= 15 is 0 Å². The molecular formula is C25H30N6O2. The normalized spacial score (nSPS) is 17.0. The van der Waals surface area contributed by atoms with E-state index in [0.29, 0.717) is 36.7 Å². The first-order valence-corrected chi connectivity index (χ1v) is 11.8. The summed E-state index contributed by atoms with van der Waals surface area (Å²) in [7, 11) is 1.80. The molecule has 2 aliphatic heterocycles. The number of benzene rings is 1. The van der Waals surface area contributed by atoms with E-state index in [0.717, 1.165) is 55.5 Å². The van der Waals surface area contributed by atoms with Crippen LogP contribution in [0.15, 0.2) is 42.7 Å². The van der Waals surface area contributed by atoms with Gasteiger partial charge < -0.3 is 15.1 Å². The fourth-order valence-electron chi connectivity index (χ4n) is 4.82. The largest absolute Gasteiger partial charge is 0.356 e. The molecule has 0 spiro atoms. The number of carbonyl (C=O) groups excluding carboxylic acids is 2. The van der Waals surface area contributed by atoms with Crippen LogP contribution >= 0.6 is 0 Å². The first-order chi connectivity index (χ1) is 16.1. The van der Waals surface area contributed by atoms with E-state index < -0.39 is 0 Å². The number of carbonyl (C=O) groups is 2. The molecule has 3 aromatic rings. The fraction of sp³-hybridized carbons (Fsp3) is 0.440. The Hall–Kier alpha value is -3.42. The van der Waals surface area contributed by atoms with Crippen LogP contribution in [0.4, 0.5) is 5.82 Å². The van der Waals surface area contributed by atoms with Crippen LogP contribution in [0.2, 0.25) is 0 Å². The Bertz CT molecular complexity index is 1160. The second kappa shape index (κ2) is 9.21. The number of para-hydroxylation sites is 1. The molecule has 0 saturated carbocycles. The van der Waals surface area contributed by atoms with Gasteiger partial charge in [0.05, 0.1) is 22.8 Å². The molecule has 0 aliphatic carbocycles. The summed E-state index contributed by atoms with van der Waals surface area (Å²) >= 11 is 0. The van der Waals surface area contributed by atoms with Crippen LogP contribution in [0.3, 0.4) is 0 Å². The number of nitrogens with zero attached hydrogens (tertiary/aromatic N) is 5. The molecule has 0 radical (unpaired) electrons. The van der Waals surface area contributed by atoms with Gasteiger partial charge in [-0.15, -0.1) is 0 Å². The molecule has 8 nitrogen and oxygen atoms in total. The Morgan fingerprint density at radius 3 is 2.58 bits per heavy atom. The number of amides is 2. The van der Waals surface area contributed by atoms with Crippen LogP contribution < -0.4 is 10.2 Å². The van der Waals surface area contributed by atoms with Crippen LogP contribution in [-0.4, -0.2) is 64.2 Å². The molecule has 1 N–H and O–H groups in total. The summed E-state index contributed by atoms with van der Waals surface area (Å²) < 4.78 is 1.62. The minimum Gasteiger partial charge on any atom is -0.356 e. The second-order valence-electron chi connectivity index (χ2n) is 9.09. The third-order valence-electron chi connectivity index (χ3n) is 6.76. The number of aryl methyl sites for hydroxylation is 1. The third-order valence-corrected chi connectivity index (χ3v) is 6.76. The molecule has 1 aromatic carbocycles. The zero-order valence-corrected chi connectivity index (χ0v) is 19.0. The maximum absolute atomic E-state index is 13.6. The number of hydrogen-bond donors (Lipinski definition) is 1. The minimum absolute atomic E-state index is 0.0630. The smallest absolute Gasteiger partial charge is 0.257 e. The highest BCUT2D eigenvalue weighted by molar-refractivity contribution is 6.02. The van der Waals surface area contributed by atoms with Gasteiger partial charge >= 0.3 is 0 Å². The van der Waals surface area contributed by atoms with Gasteiger partial charge in [-0.2, -0.15) is 5.10 Å². The van der Waals surface area contributed by atoms with Gasteiger partial charge in [0.25, 0.3) is 11.8 Å². The molecule has 2 aromatic heterocycles. The van der Waals surface area contributed by atoms with Crippen LogP contribution in [0.25, 0.3) is 10.9 Å². The third kappa shape index (κ3) is 4.55. The average Bonchev–Trinajstić information content (AvgIpc) is 3.54. The summed E-state index contributed by atoms with van der Waals surface area (Å²) in [4.78, 5) is 34.9. The lowest BCUT2D eigenvalue weighted by molar-refractivity contribution is 0.0684. The van der Waals surface area contributed by atoms with Gasteiger partial charge in [0, 0.05) is 51.4 Å². The number of likely N-dealkylation sites (tertiary alicyclic amines) is 1. The van der Waals surface area contributed by atoms with Crippen molar-refractivity contribution in [1.82, 2.24) is 25.0 Å². The summed E-state index contributed by atoms with van der Waals surface area (Å²) in [6, 6.07) is 10.0. The lowest BCUT2D eigenvalue weighted by Gasteiger charge is -2.33. The highest BCUT2D eigenvalue weighted by Crippen LogP contribution is 2.29. The van der Waals surface area contributed by atoms with Gasteiger partial charge in [-0.25, -0.2) is 4.98 Å². The molecule has 33 heavy (non-hydrogen) atoms. The van der Waals surface area contributed by atoms with E-state index in [2.05, 4.69) is 15.3 Å².